The van der Waals surface area contributed by atoms with E-state index in [0.717, 1.165) is 21.7 Å². The Morgan fingerprint density at radius 1 is 0.762 bits per heavy atom. The first-order valence-electron chi connectivity index (χ1n) is 6.66. The molecule has 0 aliphatic heterocycles. The topological polar surface area (TPSA) is 53.6 Å². The van der Waals surface area contributed by atoms with Crippen LogP contribution >= 0.6 is 0 Å². The van der Waals surface area contributed by atoms with Gasteiger partial charge in [0.25, 0.3) is 0 Å². The highest BCUT2D eigenvalue weighted by Crippen LogP contribution is 2.43. The minimum atomic E-state index is -0.159. The molecule has 0 unspecified atom stereocenters. The molecule has 0 saturated carbocycles. The van der Waals surface area contributed by atoms with E-state index in [0.29, 0.717) is 11.3 Å². The molecule has 3 aromatic carbocycles. The van der Waals surface area contributed by atoms with Crippen molar-refractivity contribution in [3.63, 3.8) is 0 Å². The number of rotatable bonds is 1. The van der Waals surface area contributed by atoms with Gasteiger partial charge in [0, 0.05) is 5.39 Å². The van der Waals surface area contributed by atoms with Crippen LogP contribution in [0.3, 0.4) is 0 Å². The molecule has 0 amide bonds. The van der Waals surface area contributed by atoms with Gasteiger partial charge in [0.1, 0.15) is 11.3 Å². The van der Waals surface area contributed by atoms with Crippen LogP contribution in [-0.2, 0) is 0 Å². The van der Waals surface area contributed by atoms with E-state index in [1.165, 1.54) is 0 Å². The van der Waals surface area contributed by atoms with E-state index in [4.69, 9.17) is 4.42 Å². The lowest BCUT2D eigenvalue weighted by Crippen LogP contribution is -1.82. The van der Waals surface area contributed by atoms with Gasteiger partial charge in [0.15, 0.2) is 11.5 Å². The van der Waals surface area contributed by atoms with E-state index in [2.05, 4.69) is 0 Å². The van der Waals surface area contributed by atoms with Crippen LogP contribution in [0.4, 0.5) is 0 Å². The molecule has 0 aliphatic carbocycles. The van der Waals surface area contributed by atoms with Gasteiger partial charge in [-0.15, -0.1) is 0 Å². The summed E-state index contributed by atoms with van der Waals surface area (Å²) in [6, 6.07) is 18.7. The lowest BCUT2D eigenvalue weighted by atomic mass is 10.0. The van der Waals surface area contributed by atoms with Gasteiger partial charge in [0.2, 0.25) is 0 Å². The molecule has 1 heterocycles. The van der Waals surface area contributed by atoms with Crippen LogP contribution in [0, 0.1) is 0 Å². The number of benzene rings is 3. The van der Waals surface area contributed by atoms with Crippen molar-refractivity contribution in [1.29, 1.82) is 0 Å². The van der Waals surface area contributed by atoms with Crippen molar-refractivity contribution in [3.05, 3.63) is 60.7 Å². The van der Waals surface area contributed by atoms with Crippen molar-refractivity contribution in [2.45, 2.75) is 0 Å². The monoisotopic (exact) mass is 276 g/mol. The lowest BCUT2D eigenvalue weighted by molar-refractivity contribution is 0.405. The van der Waals surface area contributed by atoms with Crippen molar-refractivity contribution in [2.75, 3.05) is 0 Å². The molecule has 2 N–H and O–H groups in total. The molecule has 4 aromatic rings. The second-order valence-electron chi connectivity index (χ2n) is 4.99. The predicted octanol–water partition coefficient (Wildman–Crippen LogP) is 4.66. The van der Waals surface area contributed by atoms with Gasteiger partial charge in [-0.2, -0.15) is 0 Å². The molecular formula is C18H12O3. The van der Waals surface area contributed by atoms with Crippen molar-refractivity contribution in [2.24, 2.45) is 0 Å². The molecule has 0 aliphatic rings. The summed E-state index contributed by atoms with van der Waals surface area (Å²) >= 11 is 0. The van der Waals surface area contributed by atoms with E-state index >= 15 is 0 Å². The third-order valence-corrected chi connectivity index (χ3v) is 3.67. The number of phenolic OH excluding ortho intramolecular Hbond substituents is 2. The Bertz CT molecular complexity index is 934. The Balaban J connectivity index is 2.11. The van der Waals surface area contributed by atoms with Crippen LogP contribution in [0.15, 0.2) is 65.1 Å². The van der Waals surface area contributed by atoms with Gasteiger partial charge in [-0.05, 0) is 29.0 Å². The molecule has 0 spiro atoms. The third-order valence-electron chi connectivity index (χ3n) is 3.67. The summed E-state index contributed by atoms with van der Waals surface area (Å²) < 4.78 is 5.83. The van der Waals surface area contributed by atoms with Crippen LogP contribution in [0.1, 0.15) is 0 Å². The van der Waals surface area contributed by atoms with Crippen molar-refractivity contribution in [1.82, 2.24) is 0 Å². The Labute approximate surface area is 120 Å². The second kappa shape index (κ2) is 4.28. The summed E-state index contributed by atoms with van der Waals surface area (Å²) in [5.41, 5.74) is 1.26. The number of fused-ring (bicyclic) bond motifs is 2. The van der Waals surface area contributed by atoms with Crippen LogP contribution < -0.4 is 0 Å². The van der Waals surface area contributed by atoms with E-state index in [1.807, 2.05) is 54.6 Å². The fourth-order valence-corrected chi connectivity index (χ4v) is 2.68. The maximum Gasteiger partial charge on any atom is 0.169 e. The van der Waals surface area contributed by atoms with Crippen molar-refractivity contribution < 1.29 is 14.6 Å². The van der Waals surface area contributed by atoms with Gasteiger partial charge in [-0.25, -0.2) is 0 Å². The minimum Gasteiger partial charge on any atom is -0.504 e. The zero-order chi connectivity index (χ0) is 14.4. The zero-order valence-electron chi connectivity index (χ0n) is 11.1. The molecule has 1 aromatic heterocycles. The SMILES string of the molecule is Oc1cc2ccccc2c(-c2cc3ccccc3o2)c1O. The Kier molecular flexibility index (Phi) is 2.42. The number of hydrogen-bond donors (Lipinski definition) is 2. The lowest BCUT2D eigenvalue weighted by Gasteiger charge is -2.08. The molecule has 102 valence electrons. The van der Waals surface area contributed by atoms with Crippen molar-refractivity contribution in [3.8, 4) is 22.8 Å². The van der Waals surface area contributed by atoms with E-state index in [9.17, 15) is 10.2 Å². The number of aromatic hydroxyl groups is 2. The Morgan fingerprint density at radius 2 is 1.48 bits per heavy atom. The molecule has 3 heteroatoms. The van der Waals surface area contributed by atoms with Gasteiger partial charge in [0.05, 0.1) is 5.56 Å². The first-order valence-corrected chi connectivity index (χ1v) is 6.66. The summed E-state index contributed by atoms with van der Waals surface area (Å²) in [6.45, 7) is 0. The molecule has 0 bridgehead atoms. The summed E-state index contributed by atoms with van der Waals surface area (Å²) in [5, 5.41) is 22.9. The van der Waals surface area contributed by atoms with Crippen molar-refractivity contribution >= 4 is 21.7 Å². The smallest absolute Gasteiger partial charge is 0.169 e. The molecular weight excluding hydrogens is 264 g/mol. The largest absolute Gasteiger partial charge is 0.504 e. The highest BCUT2D eigenvalue weighted by molar-refractivity contribution is 6.01. The maximum atomic E-state index is 10.3. The van der Waals surface area contributed by atoms with Gasteiger partial charge < -0.3 is 14.6 Å². The second-order valence-corrected chi connectivity index (χ2v) is 4.99. The first-order chi connectivity index (χ1) is 10.2. The number of hydrogen-bond acceptors (Lipinski definition) is 3. The first kappa shape index (κ1) is 11.9. The van der Waals surface area contributed by atoms with E-state index < -0.39 is 0 Å². The van der Waals surface area contributed by atoms with E-state index in [1.54, 1.807) is 6.07 Å². The van der Waals surface area contributed by atoms with Crippen LogP contribution in [0.2, 0.25) is 0 Å². The normalized spacial score (nSPS) is 11.2. The third kappa shape index (κ3) is 1.75. The standard InChI is InChI=1S/C18H12O3/c19-14-9-11-5-1-3-7-13(11)17(18(14)20)16-10-12-6-2-4-8-15(12)21-16/h1-10,19-20H. The van der Waals surface area contributed by atoms with E-state index in [-0.39, 0.29) is 11.5 Å². The minimum absolute atomic E-state index is 0.149. The fourth-order valence-electron chi connectivity index (χ4n) is 2.68. The number of furan rings is 1. The highest BCUT2D eigenvalue weighted by atomic mass is 16.3. The molecule has 4 rings (SSSR count). The Hall–Kier alpha value is -2.94. The zero-order valence-corrected chi connectivity index (χ0v) is 11.1. The van der Waals surface area contributed by atoms with Gasteiger partial charge in [-0.3, -0.25) is 0 Å². The summed E-state index contributed by atoms with van der Waals surface area (Å²) in [7, 11) is 0. The molecule has 0 radical (unpaired) electrons. The van der Waals surface area contributed by atoms with Crippen LogP contribution in [0.25, 0.3) is 33.1 Å². The average molecular weight is 276 g/mol. The molecule has 0 atom stereocenters. The number of para-hydroxylation sites is 1. The predicted molar refractivity (Wildman–Crippen MR) is 82.5 cm³/mol. The summed E-state index contributed by atoms with van der Waals surface area (Å²) in [4.78, 5) is 0. The highest BCUT2D eigenvalue weighted by Gasteiger charge is 2.17. The molecule has 0 fully saturated rings. The average Bonchev–Trinajstić information content (AvgIpc) is 2.92. The quantitative estimate of drug-likeness (QED) is 0.497. The molecule has 0 saturated heterocycles. The summed E-state index contributed by atoms with van der Waals surface area (Å²) in [6.07, 6.45) is 0. The molecule has 21 heavy (non-hydrogen) atoms. The maximum absolute atomic E-state index is 10.3. The van der Waals surface area contributed by atoms with Gasteiger partial charge in [-0.1, -0.05) is 42.5 Å². The van der Waals surface area contributed by atoms with Crippen LogP contribution in [0.5, 0.6) is 11.5 Å². The Morgan fingerprint density at radius 3 is 2.29 bits per heavy atom. The summed E-state index contributed by atoms with van der Waals surface area (Å²) in [5.74, 6) is 0.234. The fraction of sp³-hybridized carbons (Fsp3) is 0. The van der Waals surface area contributed by atoms with Crippen LogP contribution in [-0.4, -0.2) is 10.2 Å². The number of phenols is 2. The van der Waals surface area contributed by atoms with Gasteiger partial charge >= 0.3 is 0 Å². The molecule has 3 nitrogen and oxygen atoms in total.